The van der Waals surface area contributed by atoms with E-state index in [9.17, 15) is 9.59 Å². The Bertz CT molecular complexity index is 839. The Hall–Kier alpha value is -2.70. The lowest BCUT2D eigenvalue weighted by Gasteiger charge is -2.55. The standard InChI is InChI=1S/C21H25N5O2/c27-19(25-17-1-3-18(4-2-17)26-13-22-12-24-26)11-23-20(28)21-8-14-5-15(9-21)7-16(6-14)10-21/h1-4,12-16H,5-11H2,(H,23,28)(H,25,27). The van der Waals surface area contributed by atoms with Gasteiger partial charge in [-0.15, -0.1) is 0 Å². The molecule has 4 aliphatic rings. The molecule has 1 aromatic carbocycles. The molecule has 0 aliphatic heterocycles. The number of amides is 2. The minimum absolute atomic E-state index is 0.0193. The summed E-state index contributed by atoms with van der Waals surface area (Å²) in [5.74, 6) is 2.04. The van der Waals surface area contributed by atoms with E-state index in [1.54, 1.807) is 11.0 Å². The van der Waals surface area contributed by atoms with Crippen molar-refractivity contribution in [1.82, 2.24) is 20.1 Å². The van der Waals surface area contributed by atoms with Crippen molar-refractivity contribution < 1.29 is 9.59 Å². The van der Waals surface area contributed by atoms with Gasteiger partial charge in [0, 0.05) is 11.1 Å². The van der Waals surface area contributed by atoms with E-state index in [-0.39, 0.29) is 23.8 Å². The second-order valence-electron chi connectivity index (χ2n) is 8.82. The maximum absolute atomic E-state index is 12.9. The fourth-order valence-corrected chi connectivity index (χ4v) is 5.98. The van der Waals surface area contributed by atoms with Gasteiger partial charge in [0.15, 0.2) is 0 Å². The van der Waals surface area contributed by atoms with Gasteiger partial charge in [-0.25, -0.2) is 9.67 Å². The minimum Gasteiger partial charge on any atom is -0.347 e. The van der Waals surface area contributed by atoms with Crippen molar-refractivity contribution in [3.05, 3.63) is 36.9 Å². The summed E-state index contributed by atoms with van der Waals surface area (Å²) in [7, 11) is 0. The molecule has 0 spiro atoms. The van der Waals surface area contributed by atoms with E-state index in [1.165, 1.54) is 25.6 Å². The maximum atomic E-state index is 12.9. The molecule has 4 saturated carbocycles. The van der Waals surface area contributed by atoms with Crippen LogP contribution in [0.1, 0.15) is 38.5 Å². The molecule has 4 bridgehead atoms. The molecule has 0 radical (unpaired) electrons. The number of hydrogen-bond acceptors (Lipinski definition) is 4. The second-order valence-corrected chi connectivity index (χ2v) is 8.82. The molecule has 0 saturated heterocycles. The lowest BCUT2D eigenvalue weighted by atomic mass is 9.49. The van der Waals surface area contributed by atoms with Crippen LogP contribution < -0.4 is 10.6 Å². The van der Waals surface area contributed by atoms with Crippen LogP contribution in [0.2, 0.25) is 0 Å². The molecule has 4 fully saturated rings. The van der Waals surface area contributed by atoms with E-state index < -0.39 is 0 Å². The first-order valence-corrected chi connectivity index (χ1v) is 10.1. The number of rotatable bonds is 5. The number of benzene rings is 1. The van der Waals surface area contributed by atoms with Crippen molar-refractivity contribution in [3.63, 3.8) is 0 Å². The van der Waals surface area contributed by atoms with E-state index in [0.717, 1.165) is 24.9 Å². The summed E-state index contributed by atoms with van der Waals surface area (Å²) in [6.45, 7) is 0.0193. The summed E-state index contributed by atoms with van der Waals surface area (Å²) in [5.41, 5.74) is 1.35. The number of hydrogen-bond donors (Lipinski definition) is 2. The molecule has 7 heteroatoms. The third-order valence-electron chi connectivity index (χ3n) is 6.76. The van der Waals surface area contributed by atoms with Crippen molar-refractivity contribution >= 4 is 17.5 Å². The zero-order valence-corrected chi connectivity index (χ0v) is 15.8. The first-order valence-electron chi connectivity index (χ1n) is 10.1. The summed E-state index contributed by atoms with van der Waals surface area (Å²) in [6.07, 6.45) is 10.0. The average molecular weight is 379 g/mol. The van der Waals surface area contributed by atoms with Crippen molar-refractivity contribution in [2.45, 2.75) is 38.5 Å². The molecular formula is C21H25N5O2. The Morgan fingerprint density at radius 3 is 2.25 bits per heavy atom. The highest BCUT2D eigenvalue weighted by Gasteiger charge is 2.54. The SMILES string of the molecule is O=C(CNC(=O)C12CC3CC(CC(C3)C1)C2)Nc1ccc(-n2cncn2)cc1. The zero-order chi connectivity index (χ0) is 19.1. The van der Waals surface area contributed by atoms with Gasteiger partial charge in [0.05, 0.1) is 12.2 Å². The number of nitrogens with zero attached hydrogens (tertiary/aromatic N) is 3. The molecule has 1 heterocycles. The van der Waals surface area contributed by atoms with Gasteiger partial charge in [-0.2, -0.15) is 5.10 Å². The van der Waals surface area contributed by atoms with E-state index >= 15 is 0 Å². The van der Waals surface area contributed by atoms with Gasteiger partial charge in [0.1, 0.15) is 12.7 Å². The smallest absolute Gasteiger partial charge is 0.243 e. The molecule has 146 valence electrons. The van der Waals surface area contributed by atoms with Crippen molar-refractivity contribution in [2.24, 2.45) is 23.2 Å². The van der Waals surface area contributed by atoms with Crippen molar-refractivity contribution in [3.8, 4) is 5.69 Å². The molecule has 1 aromatic heterocycles. The van der Waals surface area contributed by atoms with E-state index in [1.807, 2.05) is 24.3 Å². The highest BCUT2D eigenvalue weighted by molar-refractivity contribution is 5.95. The monoisotopic (exact) mass is 379 g/mol. The van der Waals surface area contributed by atoms with Crippen molar-refractivity contribution in [1.29, 1.82) is 0 Å². The number of aromatic nitrogens is 3. The van der Waals surface area contributed by atoms with Gasteiger partial charge >= 0.3 is 0 Å². The molecule has 28 heavy (non-hydrogen) atoms. The third kappa shape index (κ3) is 3.19. The minimum atomic E-state index is -0.214. The normalized spacial score (nSPS) is 30.2. The summed E-state index contributed by atoms with van der Waals surface area (Å²) in [4.78, 5) is 29.1. The zero-order valence-electron chi connectivity index (χ0n) is 15.8. The number of carbonyl (C=O) groups is 2. The van der Waals surface area contributed by atoms with E-state index in [0.29, 0.717) is 23.4 Å². The topological polar surface area (TPSA) is 88.9 Å². The van der Waals surface area contributed by atoms with Gasteiger partial charge in [-0.1, -0.05) is 0 Å². The Morgan fingerprint density at radius 1 is 1.04 bits per heavy atom. The highest BCUT2D eigenvalue weighted by Crippen LogP contribution is 2.60. The molecule has 6 rings (SSSR count). The van der Waals surface area contributed by atoms with Gasteiger partial charge in [-0.05, 0) is 80.5 Å². The average Bonchev–Trinajstić information content (AvgIpc) is 3.20. The first-order chi connectivity index (χ1) is 13.6. The number of anilines is 1. The van der Waals surface area contributed by atoms with Crippen LogP contribution in [0.5, 0.6) is 0 Å². The van der Waals surface area contributed by atoms with Crippen LogP contribution in [-0.2, 0) is 9.59 Å². The van der Waals surface area contributed by atoms with Crippen LogP contribution in [0.25, 0.3) is 5.69 Å². The van der Waals surface area contributed by atoms with Crippen LogP contribution in [0.4, 0.5) is 5.69 Å². The third-order valence-corrected chi connectivity index (χ3v) is 6.76. The van der Waals surface area contributed by atoms with Gasteiger partial charge < -0.3 is 10.6 Å². The summed E-state index contributed by atoms with van der Waals surface area (Å²) < 4.78 is 1.65. The molecule has 2 N–H and O–H groups in total. The first kappa shape index (κ1) is 17.4. The summed E-state index contributed by atoms with van der Waals surface area (Å²) in [6, 6.07) is 7.35. The predicted molar refractivity (Wildman–Crippen MR) is 104 cm³/mol. The van der Waals surface area contributed by atoms with Crippen molar-refractivity contribution in [2.75, 3.05) is 11.9 Å². The molecule has 2 aromatic rings. The molecule has 7 nitrogen and oxygen atoms in total. The highest BCUT2D eigenvalue weighted by atomic mass is 16.2. The van der Waals surface area contributed by atoms with Crippen LogP contribution in [0.15, 0.2) is 36.9 Å². The largest absolute Gasteiger partial charge is 0.347 e. The predicted octanol–water partition coefficient (Wildman–Crippen LogP) is 2.54. The summed E-state index contributed by atoms with van der Waals surface area (Å²) >= 11 is 0. The van der Waals surface area contributed by atoms with Crippen LogP contribution >= 0.6 is 0 Å². The fourth-order valence-electron chi connectivity index (χ4n) is 5.98. The lowest BCUT2D eigenvalue weighted by molar-refractivity contribution is -0.146. The number of nitrogens with one attached hydrogen (secondary N) is 2. The Labute approximate surface area is 163 Å². The van der Waals surface area contributed by atoms with Crippen LogP contribution in [0, 0.1) is 23.2 Å². The molecule has 0 unspecified atom stereocenters. The second kappa shape index (κ2) is 6.72. The van der Waals surface area contributed by atoms with Crippen LogP contribution in [0.3, 0.4) is 0 Å². The Kier molecular flexibility index (Phi) is 4.18. The Morgan fingerprint density at radius 2 is 1.68 bits per heavy atom. The van der Waals surface area contributed by atoms with Gasteiger partial charge in [0.2, 0.25) is 11.8 Å². The molecular weight excluding hydrogens is 354 g/mol. The van der Waals surface area contributed by atoms with E-state index in [2.05, 4.69) is 20.7 Å². The number of carbonyl (C=O) groups excluding carboxylic acids is 2. The summed E-state index contributed by atoms with van der Waals surface area (Å²) in [5, 5.41) is 9.84. The molecule has 0 atom stereocenters. The molecule has 4 aliphatic carbocycles. The fraction of sp³-hybridized carbons (Fsp3) is 0.524. The maximum Gasteiger partial charge on any atom is 0.243 e. The lowest BCUT2D eigenvalue weighted by Crippen LogP contribution is -2.54. The molecule has 2 amide bonds. The van der Waals surface area contributed by atoms with E-state index in [4.69, 9.17) is 0 Å². The van der Waals surface area contributed by atoms with Gasteiger partial charge in [-0.3, -0.25) is 9.59 Å². The van der Waals surface area contributed by atoms with Gasteiger partial charge in [0.25, 0.3) is 0 Å². The van der Waals surface area contributed by atoms with Crippen LogP contribution in [-0.4, -0.2) is 33.1 Å². The quantitative estimate of drug-likeness (QED) is 0.835. The Balaban J connectivity index is 1.16.